The van der Waals surface area contributed by atoms with Crippen LogP contribution in [0.3, 0.4) is 0 Å². The van der Waals surface area contributed by atoms with Crippen LogP contribution < -0.4 is 0 Å². The van der Waals surface area contributed by atoms with Crippen LogP contribution in [0.5, 0.6) is 5.75 Å². The molecule has 0 radical (unpaired) electrons. The van der Waals surface area contributed by atoms with Crippen molar-refractivity contribution in [3.8, 4) is 89.7 Å². The van der Waals surface area contributed by atoms with E-state index in [-0.39, 0.29) is 37.8 Å². The van der Waals surface area contributed by atoms with Crippen LogP contribution in [0.2, 0.25) is 0 Å². The van der Waals surface area contributed by atoms with E-state index < -0.39 is 24.1 Å². The van der Waals surface area contributed by atoms with Crippen molar-refractivity contribution in [2.24, 2.45) is 0 Å². The zero-order valence-corrected chi connectivity index (χ0v) is 46.2. The first-order chi connectivity index (χ1) is 36.8. The van der Waals surface area contributed by atoms with Gasteiger partial charge < -0.3 is 5.11 Å². The third kappa shape index (κ3) is 10.1. The maximum absolute atomic E-state index is 12.7. The van der Waals surface area contributed by atoms with E-state index in [1.54, 1.807) is 6.07 Å². The quantitative estimate of drug-likeness (QED) is 0.139. The Bertz CT molecular complexity index is 3840. The summed E-state index contributed by atoms with van der Waals surface area (Å²) in [7, 11) is 0. The third-order valence-corrected chi connectivity index (χ3v) is 14.0. The third-order valence-electron chi connectivity index (χ3n) is 14.0. The van der Waals surface area contributed by atoms with Gasteiger partial charge in [0.2, 0.25) is 0 Å². The van der Waals surface area contributed by atoms with E-state index in [4.69, 9.17) is 9.97 Å². The summed E-state index contributed by atoms with van der Waals surface area (Å²) in [4.78, 5) is 10.5. The normalized spacial score (nSPS) is 13.4. The molecule has 10 aromatic rings. The molecule has 8 aromatic carbocycles. The Morgan fingerprint density at radius 1 is 0.554 bits per heavy atom. The molecule has 0 spiro atoms. The minimum absolute atomic E-state index is 0. The van der Waals surface area contributed by atoms with E-state index in [0.29, 0.717) is 50.4 Å². The maximum Gasteiger partial charge on any atom is 0.148 e. The summed E-state index contributed by atoms with van der Waals surface area (Å²) in [5, 5.41) is 12.7. The number of para-hydroxylation sites is 1. The van der Waals surface area contributed by atoms with Crippen molar-refractivity contribution in [3.05, 3.63) is 216 Å². The van der Waals surface area contributed by atoms with Crippen molar-refractivity contribution in [1.82, 2.24) is 14.5 Å². The Kier molecular flexibility index (Phi) is 12.7. The number of hydrogen-bond donors (Lipinski definition) is 1. The molecule has 374 valence electrons. The molecule has 74 heavy (non-hydrogen) atoms. The van der Waals surface area contributed by atoms with Crippen LogP contribution in [0.4, 0.5) is 0 Å². The Balaban J connectivity index is 0.00000757. The van der Waals surface area contributed by atoms with E-state index in [9.17, 15) is 12.0 Å². The molecule has 0 aliphatic carbocycles. The molecule has 0 unspecified atom stereocenters. The first-order valence-corrected chi connectivity index (χ1v) is 25.2. The van der Waals surface area contributed by atoms with Crippen LogP contribution in [0.15, 0.2) is 182 Å². The van der Waals surface area contributed by atoms with Gasteiger partial charge in [-0.3, -0.25) is 9.55 Å². The number of benzene rings is 8. The molecule has 0 fully saturated rings. The molecule has 0 atom stereocenters. The van der Waals surface area contributed by atoms with E-state index >= 15 is 0 Å². The molecule has 10 rings (SSSR count). The number of nitrogens with zero attached hydrogens (tertiary/aromatic N) is 3. The van der Waals surface area contributed by atoms with Gasteiger partial charge in [-0.15, -0.1) is 23.8 Å². The maximum atomic E-state index is 12.7. The zero-order valence-electron chi connectivity index (χ0n) is 48.9. The topological polar surface area (TPSA) is 50.9 Å². The molecular weight excluding hydrogens is 1080 g/mol. The standard InChI is InChI=1S/C69H66N3O.Pt/c1-43(2)56-24-18-25-57(44(3)4)64(56)51-32-33-62(45(5)36-51)72-63-27-19-26-58(65(63)71-67(72)59-41-55(68(6,7)8)42-60(66(59)73)69(9,10)11)53-37-52(47-22-16-13-17-23-47)38-54(39-53)61-40-50(34-35-70-61)49-30-28-48(29-31-49)46-20-14-12-15-21-46;/h12-38,40-44,73H,1-11H3;/q-1;/i5D3,43D,44D;. The number of phenolic OH excluding ortho intramolecular Hbond substituents is 1. The Morgan fingerprint density at radius 2 is 1.14 bits per heavy atom. The molecule has 0 aliphatic heterocycles. The van der Waals surface area contributed by atoms with Gasteiger partial charge in [-0.05, 0) is 121 Å². The summed E-state index contributed by atoms with van der Waals surface area (Å²) in [6.45, 7) is 17.3. The van der Waals surface area contributed by atoms with E-state index in [2.05, 4.69) is 120 Å². The molecule has 5 heteroatoms. The predicted octanol–water partition coefficient (Wildman–Crippen LogP) is 18.7. The van der Waals surface area contributed by atoms with Gasteiger partial charge >= 0.3 is 0 Å². The van der Waals surface area contributed by atoms with Crippen molar-refractivity contribution in [2.45, 2.75) is 98.7 Å². The largest absolute Gasteiger partial charge is 0.507 e. The predicted molar refractivity (Wildman–Crippen MR) is 308 cm³/mol. The summed E-state index contributed by atoms with van der Waals surface area (Å²) in [5.41, 5.74) is 15.0. The number of fused-ring (bicyclic) bond motifs is 1. The van der Waals surface area contributed by atoms with Gasteiger partial charge in [0, 0.05) is 45.4 Å². The number of rotatable bonds is 10. The van der Waals surface area contributed by atoms with Gasteiger partial charge in [-0.25, -0.2) is 4.98 Å². The number of aromatic nitrogens is 3. The van der Waals surface area contributed by atoms with Crippen LogP contribution in [-0.4, -0.2) is 19.6 Å². The second-order valence-corrected chi connectivity index (χ2v) is 21.8. The van der Waals surface area contributed by atoms with Gasteiger partial charge in [-0.1, -0.05) is 219 Å². The van der Waals surface area contributed by atoms with E-state index in [1.807, 2.05) is 136 Å². The van der Waals surface area contributed by atoms with Crippen molar-refractivity contribution in [3.63, 3.8) is 0 Å². The number of phenols is 1. The summed E-state index contributed by atoms with van der Waals surface area (Å²) < 4.78 is 48.1. The SMILES string of the molecule is [2H]C([2H])([2H])c1cc(-c2c(C([2H])(C)C)cccc2C([2H])(C)C)ccc1-n1c(-c2cc(C(C)(C)C)cc(C(C)(C)C)c2O)nc2c(-c3[c-]c(-c4cc(-c5ccc(-c6ccccc6)cc5)ccn4)cc(-c4ccccc4)c3)cccc21.[Pt]. The first-order valence-electron chi connectivity index (χ1n) is 27.7. The van der Waals surface area contributed by atoms with Crippen LogP contribution in [-0.2, 0) is 31.9 Å². The van der Waals surface area contributed by atoms with Gasteiger partial charge in [-0.2, -0.15) is 0 Å². The van der Waals surface area contributed by atoms with Crippen LogP contribution >= 0.6 is 0 Å². The smallest absolute Gasteiger partial charge is 0.148 e. The zero-order chi connectivity index (χ0) is 55.7. The number of hydrogen-bond acceptors (Lipinski definition) is 3. The van der Waals surface area contributed by atoms with Gasteiger partial charge in [0.05, 0.1) is 22.3 Å². The minimum atomic E-state index is -2.65. The molecule has 0 saturated heterocycles. The Morgan fingerprint density at radius 3 is 1.74 bits per heavy atom. The van der Waals surface area contributed by atoms with Crippen LogP contribution in [0.25, 0.3) is 95.0 Å². The van der Waals surface area contributed by atoms with Crippen LogP contribution in [0.1, 0.15) is 116 Å². The fraction of sp³-hybridized carbons (Fsp3) is 0.217. The second kappa shape index (κ2) is 20.6. The molecule has 2 aromatic heterocycles. The molecule has 0 bridgehead atoms. The number of aromatic hydroxyl groups is 1. The summed E-state index contributed by atoms with van der Waals surface area (Å²) in [6.07, 6.45) is 1.84. The number of pyridine rings is 1. The molecular formula is C69H66N3OPt-. The minimum Gasteiger partial charge on any atom is -0.507 e. The molecule has 0 saturated carbocycles. The summed E-state index contributed by atoms with van der Waals surface area (Å²) in [6, 6.07) is 62.4. The van der Waals surface area contributed by atoms with E-state index in [1.165, 1.54) is 0 Å². The van der Waals surface area contributed by atoms with Gasteiger partial charge in [0.25, 0.3) is 0 Å². The molecule has 4 nitrogen and oxygen atoms in total. The van der Waals surface area contributed by atoms with Gasteiger partial charge in [0.1, 0.15) is 11.6 Å². The Labute approximate surface area is 460 Å². The average Bonchev–Trinajstić information content (AvgIpc) is 4.09. The van der Waals surface area contributed by atoms with Crippen molar-refractivity contribution >= 4 is 11.0 Å². The van der Waals surface area contributed by atoms with E-state index in [0.717, 1.165) is 66.9 Å². The van der Waals surface area contributed by atoms with Crippen molar-refractivity contribution < 1.29 is 33.0 Å². The summed E-state index contributed by atoms with van der Waals surface area (Å²) in [5.74, 6) is -1.70. The summed E-state index contributed by atoms with van der Waals surface area (Å²) >= 11 is 0. The number of aryl methyl sites for hydroxylation is 1. The monoisotopic (exact) mass is 1150 g/mol. The Hall–Kier alpha value is -7.13. The second-order valence-electron chi connectivity index (χ2n) is 21.8. The fourth-order valence-electron chi connectivity index (χ4n) is 10.0. The number of imidazole rings is 1. The fourth-order valence-corrected chi connectivity index (χ4v) is 10.0. The van der Waals surface area contributed by atoms with Crippen LogP contribution in [0, 0.1) is 12.9 Å². The van der Waals surface area contributed by atoms with Crippen molar-refractivity contribution in [2.75, 3.05) is 0 Å². The molecule has 0 amide bonds. The van der Waals surface area contributed by atoms with Crippen molar-refractivity contribution in [1.29, 1.82) is 0 Å². The molecule has 1 N–H and O–H groups in total. The first kappa shape index (κ1) is 45.5. The average molecular weight is 1150 g/mol. The molecule has 0 aliphatic rings. The van der Waals surface area contributed by atoms with Gasteiger partial charge in [0.15, 0.2) is 0 Å². The molecule has 2 heterocycles.